The van der Waals surface area contributed by atoms with Crippen LogP contribution in [-0.2, 0) is 14.4 Å². The van der Waals surface area contributed by atoms with Gasteiger partial charge < -0.3 is 0 Å². The number of hydrogen-bond acceptors (Lipinski definition) is 4. The van der Waals surface area contributed by atoms with E-state index < -0.39 is 29.8 Å². The third-order valence-corrected chi connectivity index (χ3v) is 6.35. The van der Waals surface area contributed by atoms with Gasteiger partial charge in [0.2, 0.25) is 5.91 Å². The van der Waals surface area contributed by atoms with Gasteiger partial charge in [-0.3, -0.25) is 14.4 Å². The van der Waals surface area contributed by atoms with Crippen molar-refractivity contribution in [1.29, 1.82) is 0 Å². The van der Waals surface area contributed by atoms with E-state index in [1.54, 1.807) is 5.06 Å². The average Bonchev–Trinajstić information content (AvgIpc) is 3.36. The fourth-order valence-electron chi connectivity index (χ4n) is 4.88. The standard InChI is InChI=1S/C27H19FN2O3/c28-18-13-15-19(16-14-18)29-26(31)23-24(22-12-6-8-17-7-4-5-11-21(17)22)30(33-25(23)27(29)32)20-9-2-1-3-10-20/h1-16,23-25H/t23-,24-,25-/m0/s1. The van der Waals surface area contributed by atoms with E-state index in [4.69, 9.17) is 4.84 Å². The van der Waals surface area contributed by atoms with Crippen LogP contribution in [0.1, 0.15) is 11.6 Å². The Morgan fingerprint density at radius 3 is 2.18 bits per heavy atom. The number of benzene rings is 4. The Labute approximate surface area is 189 Å². The topological polar surface area (TPSA) is 49.9 Å². The van der Waals surface area contributed by atoms with Crippen molar-refractivity contribution < 1.29 is 18.8 Å². The molecule has 2 aliphatic heterocycles. The third kappa shape index (κ3) is 3.02. The maximum absolute atomic E-state index is 13.7. The van der Waals surface area contributed by atoms with Crippen molar-refractivity contribution in [3.05, 3.63) is 108 Å². The molecule has 0 radical (unpaired) electrons. The van der Waals surface area contributed by atoms with Crippen LogP contribution in [0.25, 0.3) is 10.8 Å². The molecule has 0 aromatic heterocycles. The highest BCUT2D eigenvalue weighted by molar-refractivity contribution is 6.24. The molecule has 0 spiro atoms. The maximum Gasteiger partial charge on any atom is 0.266 e. The Bertz CT molecular complexity index is 1370. The summed E-state index contributed by atoms with van der Waals surface area (Å²) in [7, 11) is 0. The van der Waals surface area contributed by atoms with Gasteiger partial charge in [0.25, 0.3) is 5.91 Å². The zero-order valence-electron chi connectivity index (χ0n) is 17.5. The molecule has 0 unspecified atom stereocenters. The second-order valence-corrected chi connectivity index (χ2v) is 8.21. The lowest BCUT2D eigenvalue weighted by Gasteiger charge is -2.29. The van der Waals surface area contributed by atoms with Gasteiger partial charge in [-0.25, -0.2) is 14.4 Å². The van der Waals surface area contributed by atoms with Crippen LogP contribution in [0.3, 0.4) is 0 Å². The number of halogens is 1. The van der Waals surface area contributed by atoms with Gasteiger partial charge in [-0.15, -0.1) is 0 Å². The number of rotatable bonds is 3. The zero-order chi connectivity index (χ0) is 22.5. The molecule has 2 saturated heterocycles. The Morgan fingerprint density at radius 1 is 0.697 bits per heavy atom. The van der Waals surface area contributed by atoms with Crippen LogP contribution >= 0.6 is 0 Å². The first kappa shape index (κ1) is 19.6. The van der Waals surface area contributed by atoms with E-state index in [9.17, 15) is 14.0 Å². The Morgan fingerprint density at radius 2 is 1.39 bits per heavy atom. The summed E-state index contributed by atoms with van der Waals surface area (Å²) in [6.45, 7) is 0. The zero-order valence-corrected chi connectivity index (χ0v) is 17.5. The molecule has 0 saturated carbocycles. The number of carbonyl (C=O) groups is 2. The Balaban J connectivity index is 1.50. The lowest BCUT2D eigenvalue weighted by atomic mass is 9.87. The van der Waals surface area contributed by atoms with Crippen molar-refractivity contribution in [2.24, 2.45) is 5.92 Å². The summed E-state index contributed by atoms with van der Waals surface area (Å²) in [5.41, 5.74) is 2.01. The number of amides is 2. The Kier molecular flexibility index (Phi) is 4.48. The van der Waals surface area contributed by atoms with Crippen LogP contribution in [0.4, 0.5) is 15.8 Å². The molecule has 3 atom stereocenters. The molecule has 6 rings (SSSR count). The SMILES string of the molecule is O=C1[C@@H]2[C@H](ON(c3ccccc3)[C@H]2c2cccc3ccccc23)C(=O)N1c1ccc(F)cc1. The predicted molar refractivity (Wildman–Crippen MR) is 123 cm³/mol. The number of fused-ring (bicyclic) bond motifs is 2. The van der Waals surface area contributed by atoms with Gasteiger partial charge in [0.1, 0.15) is 11.7 Å². The molecular formula is C27H19FN2O3. The fourth-order valence-corrected chi connectivity index (χ4v) is 4.88. The molecule has 4 aromatic carbocycles. The van der Waals surface area contributed by atoms with E-state index in [1.807, 2.05) is 72.8 Å². The van der Waals surface area contributed by atoms with Gasteiger partial charge >= 0.3 is 0 Å². The number of nitrogens with zero attached hydrogens (tertiary/aromatic N) is 2. The van der Waals surface area contributed by atoms with Crippen molar-refractivity contribution in [3.63, 3.8) is 0 Å². The van der Waals surface area contributed by atoms with E-state index >= 15 is 0 Å². The number of anilines is 2. The molecule has 2 amide bonds. The molecule has 5 nitrogen and oxygen atoms in total. The molecule has 2 heterocycles. The normalized spacial score (nSPS) is 22.3. The van der Waals surface area contributed by atoms with E-state index in [1.165, 1.54) is 24.3 Å². The minimum atomic E-state index is -0.966. The summed E-state index contributed by atoms with van der Waals surface area (Å²) < 4.78 is 13.4. The molecule has 0 aliphatic carbocycles. The van der Waals surface area contributed by atoms with Crippen LogP contribution in [0.2, 0.25) is 0 Å². The molecule has 4 aromatic rings. The highest BCUT2D eigenvalue weighted by Gasteiger charge is 2.60. The number of carbonyl (C=O) groups excluding carboxylic acids is 2. The summed E-state index contributed by atoms with van der Waals surface area (Å²) in [5, 5.41) is 3.73. The van der Waals surface area contributed by atoms with Crippen LogP contribution in [0.5, 0.6) is 0 Å². The van der Waals surface area contributed by atoms with Gasteiger partial charge in [0.15, 0.2) is 6.10 Å². The van der Waals surface area contributed by atoms with Crippen LogP contribution < -0.4 is 9.96 Å². The summed E-state index contributed by atoms with van der Waals surface area (Å²) in [6, 6.07) is 28.2. The average molecular weight is 438 g/mol. The highest BCUT2D eigenvalue weighted by Crippen LogP contribution is 2.48. The maximum atomic E-state index is 13.7. The van der Waals surface area contributed by atoms with Crippen molar-refractivity contribution in [1.82, 2.24) is 0 Å². The second kappa shape index (κ2) is 7.53. The lowest BCUT2D eigenvalue weighted by molar-refractivity contribution is -0.126. The predicted octanol–water partition coefficient (Wildman–Crippen LogP) is 5.03. The quantitative estimate of drug-likeness (QED) is 0.421. The van der Waals surface area contributed by atoms with Crippen molar-refractivity contribution in [2.75, 3.05) is 9.96 Å². The number of imide groups is 1. The molecule has 0 N–H and O–H groups in total. The summed E-state index contributed by atoms with van der Waals surface area (Å²) in [6.07, 6.45) is -0.966. The van der Waals surface area contributed by atoms with Gasteiger partial charge in [-0.1, -0.05) is 60.7 Å². The van der Waals surface area contributed by atoms with Crippen LogP contribution in [-0.4, -0.2) is 17.9 Å². The van der Waals surface area contributed by atoms with Crippen molar-refractivity contribution in [2.45, 2.75) is 12.1 Å². The smallest absolute Gasteiger partial charge is 0.266 e. The summed E-state index contributed by atoms with van der Waals surface area (Å²) in [4.78, 5) is 34.4. The van der Waals surface area contributed by atoms with Gasteiger partial charge in [-0.2, -0.15) is 0 Å². The summed E-state index contributed by atoms with van der Waals surface area (Å²) in [5.74, 6) is -1.97. The van der Waals surface area contributed by atoms with Gasteiger partial charge in [-0.05, 0) is 52.7 Å². The molecular weight excluding hydrogens is 419 g/mol. The number of para-hydroxylation sites is 1. The van der Waals surface area contributed by atoms with E-state index in [0.717, 1.165) is 26.9 Å². The van der Waals surface area contributed by atoms with E-state index in [0.29, 0.717) is 5.69 Å². The minimum absolute atomic E-state index is 0.340. The largest absolute Gasteiger partial charge is 0.273 e. The molecule has 2 fully saturated rings. The Hall–Kier alpha value is -4.03. The van der Waals surface area contributed by atoms with Gasteiger partial charge in [0, 0.05) is 0 Å². The second-order valence-electron chi connectivity index (χ2n) is 8.21. The molecule has 162 valence electrons. The number of hydroxylamine groups is 1. The first-order valence-corrected chi connectivity index (χ1v) is 10.8. The number of hydrogen-bond donors (Lipinski definition) is 0. The first-order valence-electron chi connectivity index (χ1n) is 10.8. The lowest BCUT2D eigenvalue weighted by Crippen LogP contribution is -2.37. The molecule has 33 heavy (non-hydrogen) atoms. The molecule has 2 aliphatic rings. The highest BCUT2D eigenvalue weighted by atomic mass is 19.1. The molecule has 0 bridgehead atoms. The van der Waals surface area contributed by atoms with Crippen molar-refractivity contribution >= 4 is 34.0 Å². The van der Waals surface area contributed by atoms with E-state index in [2.05, 4.69) is 0 Å². The van der Waals surface area contributed by atoms with Crippen LogP contribution in [0.15, 0.2) is 97.1 Å². The third-order valence-electron chi connectivity index (χ3n) is 6.35. The van der Waals surface area contributed by atoms with Crippen molar-refractivity contribution in [3.8, 4) is 0 Å². The van der Waals surface area contributed by atoms with E-state index in [-0.39, 0.29) is 5.91 Å². The first-order chi connectivity index (χ1) is 16.1. The monoisotopic (exact) mass is 438 g/mol. The van der Waals surface area contributed by atoms with Gasteiger partial charge in [0.05, 0.1) is 17.4 Å². The summed E-state index contributed by atoms with van der Waals surface area (Å²) >= 11 is 0. The fraction of sp³-hybridized carbons (Fsp3) is 0.111. The minimum Gasteiger partial charge on any atom is -0.273 e. The molecule has 6 heteroatoms. The van der Waals surface area contributed by atoms with Crippen LogP contribution in [0, 0.1) is 11.7 Å².